The van der Waals surface area contributed by atoms with Crippen molar-refractivity contribution < 1.29 is 9.47 Å². The van der Waals surface area contributed by atoms with Crippen molar-refractivity contribution in [3.63, 3.8) is 0 Å². The summed E-state index contributed by atoms with van der Waals surface area (Å²) in [6, 6.07) is 7.12. The highest BCUT2D eigenvalue weighted by atomic mass is 35.5. The normalized spacial score (nSPS) is 12.1. The lowest BCUT2D eigenvalue weighted by Crippen LogP contribution is -2.16. The van der Waals surface area contributed by atoms with Gasteiger partial charge in [0, 0.05) is 29.9 Å². The highest BCUT2D eigenvalue weighted by molar-refractivity contribution is 6.40. The summed E-state index contributed by atoms with van der Waals surface area (Å²) < 4.78 is 11.8. The van der Waals surface area contributed by atoms with Crippen LogP contribution in [0.3, 0.4) is 0 Å². The van der Waals surface area contributed by atoms with Gasteiger partial charge in [0.05, 0.1) is 33.7 Å². The van der Waals surface area contributed by atoms with Crippen LogP contribution >= 0.6 is 34.8 Å². The van der Waals surface area contributed by atoms with Crippen LogP contribution in [-0.4, -0.2) is 24.7 Å². The summed E-state index contributed by atoms with van der Waals surface area (Å²) in [5.74, 6) is 1.34. The van der Waals surface area contributed by atoms with Gasteiger partial charge in [0.25, 0.3) is 0 Å². The molecule has 0 saturated carbocycles. The Morgan fingerprint density at radius 3 is 2.47 bits per heavy atom. The second-order valence-electron chi connectivity index (χ2n) is 7.15. The number of benzene rings is 2. The topological polar surface area (TPSA) is 69.4 Å². The van der Waals surface area contributed by atoms with Crippen molar-refractivity contribution in [1.82, 2.24) is 4.98 Å². The number of hydrogen-bond donors (Lipinski definition) is 2. The molecule has 3 aromatic rings. The first-order chi connectivity index (χ1) is 14.3. The number of ether oxygens (including phenoxy) is 2. The van der Waals surface area contributed by atoms with Gasteiger partial charge in [0.15, 0.2) is 17.2 Å². The molecule has 0 radical (unpaired) electrons. The molecule has 0 fully saturated rings. The molecule has 5 nitrogen and oxygen atoms in total. The third kappa shape index (κ3) is 5.03. The van der Waals surface area contributed by atoms with Crippen molar-refractivity contribution in [2.45, 2.75) is 32.7 Å². The van der Waals surface area contributed by atoms with Gasteiger partial charge < -0.3 is 20.5 Å². The van der Waals surface area contributed by atoms with Crippen LogP contribution in [0.4, 0.5) is 5.69 Å². The summed E-state index contributed by atoms with van der Waals surface area (Å²) in [6.45, 7) is 4.76. The predicted molar refractivity (Wildman–Crippen MR) is 126 cm³/mol. The largest absolute Gasteiger partial charge is 0.493 e. The Morgan fingerprint density at radius 2 is 1.83 bits per heavy atom. The number of aryl methyl sites for hydroxylation is 1. The molecule has 1 unspecified atom stereocenters. The summed E-state index contributed by atoms with van der Waals surface area (Å²) in [4.78, 5) is 4.58. The van der Waals surface area contributed by atoms with Crippen LogP contribution in [0.15, 0.2) is 30.5 Å². The third-order valence-corrected chi connectivity index (χ3v) is 5.46. The number of fused-ring (bicyclic) bond motifs is 1. The Hall–Kier alpha value is -1.92. The van der Waals surface area contributed by atoms with Crippen LogP contribution < -0.4 is 20.5 Å². The first-order valence-electron chi connectivity index (χ1n) is 9.60. The highest BCUT2D eigenvalue weighted by Crippen LogP contribution is 2.46. The van der Waals surface area contributed by atoms with Gasteiger partial charge in [-0.3, -0.25) is 4.98 Å². The summed E-state index contributed by atoms with van der Waals surface area (Å²) in [5.41, 5.74) is 8.46. The molecule has 1 heterocycles. The molecule has 0 spiro atoms. The SMILES string of the molecule is COc1cc(NCCCC(C)N)c2nccc(C)c2c1Oc1c(Cl)cc(Cl)cc1Cl. The number of nitrogens with two attached hydrogens (primary N) is 1. The lowest BCUT2D eigenvalue weighted by atomic mass is 10.1. The van der Waals surface area contributed by atoms with Gasteiger partial charge in [-0.2, -0.15) is 0 Å². The van der Waals surface area contributed by atoms with Gasteiger partial charge in [0.1, 0.15) is 0 Å². The molecule has 160 valence electrons. The number of nitrogens with one attached hydrogen (secondary N) is 1. The molecule has 3 N–H and O–H groups in total. The molecule has 2 aromatic carbocycles. The smallest absolute Gasteiger partial charge is 0.179 e. The van der Waals surface area contributed by atoms with Crippen molar-refractivity contribution in [1.29, 1.82) is 0 Å². The van der Waals surface area contributed by atoms with Crippen molar-refractivity contribution in [2.75, 3.05) is 19.0 Å². The fourth-order valence-corrected chi connectivity index (χ4v) is 4.09. The lowest BCUT2D eigenvalue weighted by Gasteiger charge is -2.19. The second kappa shape index (κ2) is 9.92. The number of hydrogen-bond acceptors (Lipinski definition) is 5. The van der Waals surface area contributed by atoms with Gasteiger partial charge in [-0.15, -0.1) is 0 Å². The average Bonchev–Trinajstić information content (AvgIpc) is 2.68. The minimum Gasteiger partial charge on any atom is -0.493 e. The van der Waals surface area contributed by atoms with E-state index in [4.69, 9.17) is 50.0 Å². The Balaban J connectivity index is 2.08. The number of nitrogens with zero attached hydrogens (tertiary/aromatic N) is 1. The molecule has 1 aromatic heterocycles. The zero-order valence-corrected chi connectivity index (χ0v) is 19.3. The minimum absolute atomic E-state index is 0.170. The first kappa shape index (κ1) is 22.8. The van der Waals surface area contributed by atoms with Gasteiger partial charge >= 0.3 is 0 Å². The molecular weight excluding hydrogens is 445 g/mol. The van der Waals surface area contributed by atoms with Crippen molar-refractivity contribution in [2.24, 2.45) is 5.73 Å². The van der Waals surface area contributed by atoms with Gasteiger partial charge in [-0.25, -0.2) is 0 Å². The fourth-order valence-electron chi connectivity index (χ4n) is 3.20. The number of halogens is 3. The standard InChI is InChI=1S/C22H24Cl3N3O2/c1-12-6-8-28-20-17(27-7-4-5-13(2)26)11-18(29-3)22(19(12)20)30-21-15(24)9-14(23)10-16(21)25/h6,8-11,13,27H,4-5,7,26H2,1-3H3. The van der Waals surface area contributed by atoms with Crippen LogP contribution in [0.1, 0.15) is 25.3 Å². The maximum Gasteiger partial charge on any atom is 0.179 e. The van der Waals surface area contributed by atoms with E-state index in [0.717, 1.165) is 41.5 Å². The van der Waals surface area contributed by atoms with E-state index in [1.165, 1.54) is 0 Å². The van der Waals surface area contributed by atoms with E-state index < -0.39 is 0 Å². The van der Waals surface area contributed by atoms with Crippen LogP contribution in [-0.2, 0) is 0 Å². The van der Waals surface area contributed by atoms with Crippen molar-refractivity contribution in [3.05, 3.63) is 51.1 Å². The lowest BCUT2D eigenvalue weighted by molar-refractivity contribution is 0.381. The zero-order chi connectivity index (χ0) is 21.8. The molecule has 0 aliphatic carbocycles. The number of aromatic nitrogens is 1. The monoisotopic (exact) mass is 467 g/mol. The predicted octanol–water partition coefficient (Wildman–Crippen LogP) is 6.84. The van der Waals surface area contributed by atoms with Crippen LogP contribution in [0.5, 0.6) is 17.2 Å². The maximum atomic E-state index is 6.34. The summed E-state index contributed by atoms with van der Waals surface area (Å²) >= 11 is 18.7. The van der Waals surface area contributed by atoms with Crippen molar-refractivity contribution in [3.8, 4) is 17.2 Å². The van der Waals surface area contributed by atoms with Crippen LogP contribution in [0.2, 0.25) is 15.1 Å². The van der Waals surface area contributed by atoms with E-state index in [1.807, 2.05) is 26.0 Å². The van der Waals surface area contributed by atoms with E-state index in [1.54, 1.807) is 25.4 Å². The fraction of sp³-hybridized carbons (Fsp3) is 0.318. The molecule has 0 bridgehead atoms. The van der Waals surface area contributed by atoms with Crippen LogP contribution in [0.25, 0.3) is 10.9 Å². The molecule has 8 heteroatoms. The van der Waals surface area contributed by atoms with E-state index >= 15 is 0 Å². The first-order valence-corrected chi connectivity index (χ1v) is 10.7. The Morgan fingerprint density at radius 1 is 1.13 bits per heavy atom. The van der Waals surface area contributed by atoms with Gasteiger partial charge in [-0.05, 0) is 50.5 Å². The highest BCUT2D eigenvalue weighted by Gasteiger charge is 2.20. The molecule has 0 saturated heterocycles. The van der Waals surface area contributed by atoms with Gasteiger partial charge in [-0.1, -0.05) is 34.8 Å². The van der Waals surface area contributed by atoms with E-state index in [9.17, 15) is 0 Å². The zero-order valence-electron chi connectivity index (χ0n) is 17.1. The molecule has 0 aliphatic rings. The maximum absolute atomic E-state index is 6.34. The Kier molecular flexibility index (Phi) is 7.53. The molecule has 30 heavy (non-hydrogen) atoms. The Bertz CT molecular complexity index is 1030. The number of rotatable bonds is 8. The molecular formula is C22H24Cl3N3O2. The number of methoxy groups -OCH3 is 1. The summed E-state index contributed by atoms with van der Waals surface area (Å²) in [5, 5.41) is 5.30. The van der Waals surface area contributed by atoms with Crippen LogP contribution in [0, 0.1) is 6.92 Å². The average molecular weight is 469 g/mol. The Labute approximate surface area is 191 Å². The van der Waals surface area contributed by atoms with E-state index in [2.05, 4.69) is 10.3 Å². The quantitative estimate of drug-likeness (QED) is 0.354. The summed E-state index contributed by atoms with van der Waals surface area (Å²) in [7, 11) is 1.59. The van der Waals surface area contributed by atoms with Gasteiger partial charge in [0.2, 0.25) is 0 Å². The second-order valence-corrected chi connectivity index (χ2v) is 8.40. The molecule has 1 atom stereocenters. The minimum atomic E-state index is 0.170. The van der Waals surface area contributed by atoms with E-state index in [-0.39, 0.29) is 6.04 Å². The van der Waals surface area contributed by atoms with E-state index in [0.29, 0.717) is 32.3 Å². The third-order valence-electron chi connectivity index (χ3n) is 4.68. The molecule has 3 rings (SSSR count). The molecule has 0 aliphatic heterocycles. The number of anilines is 1. The summed E-state index contributed by atoms with van der Waals surface area (Å²) in [6.07, 6.45) is 3.65. The van der Waals surface area contributed by atoms with Crippen molar-refractivity contribution >= 4 is 51.4 Å². The molecule has 0 amide bonds. The number of pyridine rings is 1.